The van der Waals surface area contributed by atoms with Crippen molar-refractivity contribution in [2.75, 3.05) is 5.32 Å². The van der Waals surface area contributed by atoms with Gasteiger partial charge in [0, 0.05) is 29.6 Å². The highest BCUT2D eigenvalue weighted by atomic mass is 19.1. The van der Waals surface area contributed by atoms with E-state index in [1.807, 2.05) is 6.92 Å². The molecule has 0 aliphatic rings. The minimum atomic E-state index is -0.675. The number of pyridine rings is 2. The molecule has 2 aromatic heterocycles. The number of nitrogens with one attached hydrogen (secondary N) is 1. The first-order valence-corrected chi connectivity index (χ1v) is 7.96. The van der Waals surface area contributed by atoms with Crippen LogP contribution in [0.2, 0.25) is 0 Å². The van der Waals surface area contributed by atoms with E-state index in [-0.39, 0.29) is 5.57 Å². The Bertz CT molecular complexity index is 830. The van der Waals surface area contributed by atoms with Crippen LogP contribution in [-0.2, 0) is 4.79 Å². The number of carbonyl (C=O) groups excluding carboxylic acids is 1. The first-order valence-electron chi connectivity index (χ1n) is 7.96. The summed E-state index contributed by atoms with van der Waals surface area (Å²) >= 11 is 0. The molecule has 0 bridgehead atoms. The Labute approximate surface area is 151 Å². The monoisotopic (exact) mass is 354 g/mol. The highest BCUT2D eigenvalue weighted by Crippen LogP contribution is 2.13. The van der Waals surface area contributed by atoms with Gasteiger partial charge in [-0.2, -0.15) is 0 Å². The number of rotatable bonds is 7. The standard InChI is InChI=1S/C19H19FN4O2/c1-4-15(20)13(3)19(25)23-17-10-9-14(12-22-17)16(5-2)24-26-18-8-6-7-11-21-18/h4,6-12H,1,5H2,2-3H3,(H,22,23,25)/b15-13-,24-16+. The largest absolute Gasteiger partial charge is 0.336 e. The van der Waals surface area contributed by atoms with Crippen LogP contribution < -0.4 is 10.2 Å². The molecule has 1 amide bonds. The Hall–Kier alpha value is -3.35. The minimum absolute atomic E-state index is 0.0644. The summed E-state index contributed by atoms with van der Waals surface area (Å²) in [6.45, 7) is 6.60. The summed E-state index contributed by atoms with van der Waals surface area (Å²) in [5, 5.41) is 6.62. The number of allylic oxidation sites excluding steroid dienone is 2. The van der Waals surface area contributed by atoms with E-state index in [2.05, 4.69) is 27.0 Å². The molecule has 2 rings (SSSR count). The third-order valence-electron chi connectivity index (χ3n) is 3.44. The summed E-state index contributed by atoms with van der Waals surface area (Å²) in [7, 11) is 0. The number of amides is 1. The summed E-state index contributed by atoms with van der Waals surface area (Å²) in [5.41, 5.74) is 1.35. The molecule has 2 heterocycles. The van der Waals surface area contributed by atoms with Crippen LogP contribution in [0.5, 0.6) is 5.88 Å². The maximum atomic E-state index is 13.4. The molecule has 0 aromatic carbocycles. The van der Waals surface area contributed by atoms with E-state index in [0.717, 1.165) is 11.6 Å². The van der Waals surface area contributed by atoms with E-state index in [0.29, 0.717) is 23.8 Å². The summed E-state index contributed by atoms with van der Waals surface area (Å²) in [4.78, 5) is 25.4. The third kappa shape index (κ3) is 5.07. The van der Waals surface area contributed by atoms with E-state index in [1.54, 1.807) is 42.7 Å². The number of oxime groups is 1. The lowest BCUT2D eigenvalue weighted by Gasteiger charge is -2.07. The fourth-order valence-electron chi connectivity index (χ4n) is 1.93. The van der Waals surface area contributed by atoms with E-state index >= 15 is 0 Å². The van der Waals surface area contributed by atoms with Gasteiger partial charge in [-0.15, -0.1) is 0 Å². The van der Waals surface area contributed by atoms with E-state index in [9.17, 15) is 9.18 Å². The molecule has 0 radical (unpaired) electrons. The Morgan fingerprint density at radius 1 is 1.35 bits per heavy atom. The van der Waals surface area contributed by atoms with Crippen LogP contribution in [0.1, 0.15) is 25.8 Å². The summed E-state index contributed by atoms with van der Waals surface area (Å²) in [6.07, 6.45) is 4.77. The second kappa shape index (κ2) is 9.22. The second-order valence-electron chi connectivity index (χ2n) is 5.21. The normalized spacial score (nSPS) is 12.2. The summed E-state index contributed by atoms with van der Waals surface area (Å²) in [5.74, 6) is -0.561. The fraction of sp³-hybridized carbons (Fsp3) is 0.158. The third-order valence-corrected chi connectivity index (χ3v) is 3.44. The molecule has 26 heavy (non-hydrogen) atoms. The average molecular weight is 354 g/mol. The molecule has 7 heteroatoms. The van der Waals surface area contributed by atoms with Crippen LogP contribution in [0.15, 0.2) is 71.9 Å². The van der Waals surface area contributed by atoms with Crippen LogP contribution in [0.3, 0.4) is 0 Å². The topological polar surface area (TPSA) is 76.5 Å². The Balaban J connectivity index is 2.09. The number of hydrogen-bond donors (Lipinski definition) is 1. The number of carbonyl (C=O) groups is 1. The second-order valence-corrected chi connectivity index (χ2v) is 5.21. The number of nitrogens with zero attached hydrogens (tertiary/aromatic N) is 3. The van der Waals surface area contributed by atoms with Gasteiger partial charge in [-0.25, -0.2) is 14.4 Å². The van der Waals surface area contributed by atoms with Gasteiger partial charge in [0.2, 0.25) is 5.88 Å². The number of halogens is 1. The van der Waals surface area contributed by atoms with Gasteiger partial charge in [0.05, 0.1) is 5.71 Å². The van der Waals surface area contributed by atoms with Crippen molar-refractivity contribution in [1.29, 1.82) is 0 Å². The summed E-state index contributed by atoms with van der Waals surface area (Å²) < 4.78 is 13.4. The van der Waals surface area contributed by atoms with Gasteiger partial charge >= 0.3 is 0 Å². The van der Waals surface area contributed by atoms with E-state index in [1.165, 1.54) is 6.92 Å². The van der Waals surface area contributed by atoms with Gasteiger partial charge in [-0.05, 0) is 37.6 Å². The van der Waals surface area contributed by atoms with Crippen molar-refractivity contribution in [2.45, 2.75) is 20.3 Å². The molecule has 0 atom stereocenters. The zero-order valence-electron chi connectivity index (χ0n) is 14.6. The molecule has 0 spiro atoms. The molecule has 0 aliphatic heterocycles. The highest BCUT2D eigenvalue weighted by molar-refractivity contribution is 6.04. The average Bonchev–Trinajstić information content (AvgIpc) is 2.69. The maximum absolute atomic E-state index is 13.4. The molecule has 1 N–H and O–H groups in total. The van der Waals surface area contributed by atoms with Crippen molar-refractivity contribution in [2.24, 2.45) is 5.16 Å². The van der Waals surface area contributed by atoms with Gasteiger partial charge in [0.15, 0.2) is 0 Å². The molecule has 0 saturated heterocycles. The molecular formula is C19H19FN4O2. The lowest BCUT2D eigenvalue weighted by Crippen LogP contribution is -2.14. The van der Waals surface area contributed by atoms with Crippen molar-refractivity contribution in [3.05, 3.63) is 72.3 Å². The number of anilines is 1. The molecule has 0 saturated carbocycles. The minimum Gasteiger partial charge on any atom is -0.336 e. The molecule has 0 unspecified atom stereocenters. The fourth-order valence-corrected chi connectivity index (χ4v) is 1.93. The van der Waals surface area contributed by atoms with E-state index < -0.39 is 11.7 Å². The van der Waals surface area contributed by atoms with Crippen molar-refractivity contribution < 1.29 is 14.0 Å². The van der Waals surface area contributed by atoms with Crippen molar-refractivity contribution in [1.82, 2.24) is 9.97 Å². The highest BCUT2D eigenvalue weighted by Gasteiger charge is 2.10. The SMILES string of the molecule is C=C/C(F)=C(\C)C(=O)Nc1ccc(/C(CC)=N/Oc2ccccn2)cn1. The van der Waals surface area contributed by atoms with Crippen LogP contribution in [0, 0.1) is 0 Å². The van der Waals surface area contributed by atoms with Crippen molar-refractivity contribution in [3.63, 3.8) is 0 Å². The molecule has 134 valence electrons. The Morgan fingerprint density at radius 2 is 2.15 bits per heavy atom. The van der Waals surface area contributed by atoms with Crippen LogP contribution in [0.4, 0.5) is 10.2 Å². The lowest BCUT2D eigenvalue weighted by atomic mass is 10.1. The lowest BCUT2D eigenvalue weighted by molar-refractivity contribution is -0.112. The molecule has 6 nitrogen and oxygen atoms in total. The summed E-state index contributed by atoms with van der Waals surface area (Å²) in [6, 6.07) is 8.64. The zero-order valence-corrected chi connectivity index (χ0v) is 14.6. The number of aromatic nitrogens is 2. The van der Waals surface area contributed by atoms with E-state index in [4.69, 9.17) is 4.84 Å². The smallest absolute Gasteiger partial charge is 0.255 e. The predicted molar refractivity (Wildman–Crippen MR) is 98.6 cm³/mol. The quantitative estimate of drug-likeness (QED) is 0.352. The van der Waals surface area contributed by atoms with Crippen molar-refractivity contribution in [3.8, 4) is 5.88 Å². The first-order chi connectivity index (χ1) is 12.5. The van der Waals surface area contributed by atoms with Gasteiger partial charge in [-0.3, -0.25) is 4.79 Å². The maximum Gasteiger partial charge on any atom is 0.255 e. The first kappa shape index (κ1) is 19.0. The van der Waals surface area contributed by atoms with Gasteiger partial charge in [-0.1, -0.05) is 24.7 Å². The molecular weight excluding hydrogens is 335 g/mol. The van der Waals surface area contributed by atoms with Gasteiger partial charge in [0.1, 0.15) is 11.6 Å². The van der Waals surface area contributed by atoms with Crippen LogP contribution in [-0.4, -0.2) is 21.6 Å². The van der Waals surface area contributed by atoms with Crippen LogP contribution in [0.25, 0.3) is 0 Å². The Morgan fingerprint density at radius 3 is 2.73 bits per heavy atom. The zero-order chi connectivity index (χ0) is 18.9. The Kier molecular flexibility index (Phi) is 6.73. The predicted octanol–water partition coefficient (Wildman–Crippen LogP) is 4.04. The molecule has 2 aromatic rings. The van der Waals surface area contributed by atoms with Gasteiger partial charge < -0.3 is 10.2 Å². The van der Waals surface area contributed by atoms with Crippen LogP contribution >= 0.6 is 0 Å². The number of hydrogen-bond acceptors (Lipinski definition) is 5. The molecule has 0 fully saturated rings. The molecule has 0 aliphatic carbocycles. The van der Waals surface area contributed by atoms with Gasteiger partial charge in [0.25, 0.3) is 5.91 Å². The van der Waals surface area contributed by atoms with Crippen molar-refractivity contribution >= 4 is 17.4 Å².